The van der Waals surface area contributed by atoms with Crippen LogP contribution in [0.2, 0.25) is 0 Å². The molecule has 1 aliphatic heterocycles. The van der Waals surface area contributed by atoms with E-state index in [9.17, 15) is 19.2 Å². The van der Waals surface area contributed by atoms with Crippen molar-refractivity contribution in [3.63, 3.8) is 0 Å². The fraction of sp³-hybridized carbons (Fsp3) is 0.636. The molecule has 0 aromatic heterocycles. The number of aliphatic carboxylic acids is 1. The first-order valence-electron chi connectivity index (χ1n) is 5.85. The van der Waals surface area contributed by atoms with Crippen LogP contribution in [0.25, 0.3) is 0 Å². The monoisotopic (exact) mass is 272 g/mol. The van der Waals surface area contributed by atoms with Crippen LogP contribution in [0.15, 0.2) is 0 Å². The quantitative estimate of drug-likeness (QED) is 0.681. The number of hydrogen-bond acceptors (Lipinski definition) is 5. The number of imide groups is 1. The predicted molar refractivity (Wildman–Crippen MR) is 62.2 cm³/mol. The molecule has 106 valence electrons. The zero-order valence-electron chi connectivity index (χ0n) is 10.5. The van der Waals surface area contributed by atoms with E-state index in [0.717, 1.165) is 0 Å². The van der Waals surface area contributed by atoms with Gasteiger partial charge in [-0.1, -0.05) is 0 Å². The van der Waals surface area contributed by atoms with Gasteiger partial charge in [0.25, 0.3) is 0 Å². The molecule has 0 radical (unpaired) electrons. The summed E-state index contributed by atoms with van der Waals surface area (Å²) in [5.41, 5.74) is 0. The normalized spacial score (nSPS) is 17.9. The van der Waals surface area contributed by atoms with Gasteiger partial charge in [0, 0.05) is 13.0 Å². The van der Waals surface area contributed by atoms with E-state index in [1.165, 1.54) is 12.0 Å². The smallest absolute Gasteiger partial charge is 0.328 e. The first kappa shape index (κ1) is 14.9. The van der Waals surface area contributed by atoms with Gasteiger partial charge in [-0.3, -0.25) is 14.9 Å². The molecule has 3 amide bonds. The average molecular weight is 272 g/mol. The third-order valence-electron chi connectivity index (χ3n) is 2.80. The number of carboxylic acids is 1. The Morgan fingerprint density at radius 2 is 2.00 bits per heavy atom. The number of carbonyl (C=O) groups excluding carboxylic acids is 3. The zero-order valence-corrected chi connectivity index (χ0v) is 10.5. The number of nitrogens with zero attached hydrogens (tertiary/aromatic N) is 1. The van der Waals surface area contributed by atoms with Gasteiger partial charge in [-0.05, 0) is 12.8 Å². The standard InChI is InChI=1S/C11H16N2O6/c1-19-10(17)7-3-2-6-13(7)11(18)12-8(14)4-5-9(15)16/h7H,2-6H2,1H3,(H,15,16)(H,12,14,18). The Balaban J connectivity index is 2.50. The Labute approximate surface area is 109 Å². The predicted octanol–water partition coefficient (Wildman–Crippen LogP) is -0.275. The Morgan fingerprint density at radius 3 is 2.58 bits per heavy atom. The van der Waals surface area contributed by atoms with Crippen molar-refractivity contribution in [1.29, 1.82) is 0 Å². The van der Waals surface area contributed by atoms with E-state index >= 15 is 0 Å². The minimum atomic E-state index is -1.11. The average Bonchev–Trinajstić information content (AvgIpc) is 2.84. The SMILES string of the molecule is COC(=O)C1CCCN1C(=O)NC(=O)CCC(=O)O. The lowest BCUT2D eigenvalue weighted by molar-refractivity contribution is -0.145. The van der Waals surface area contributed by atoms with Crippen LogP contribution >= 0.6 is 0 Å². The highest BCUT2D eigenvalue weighted by molar-refractivity contribution is 5.96. The van der Waals surface area contributed by atoms with Crippen LogP contribution in [0.4, 0.5) is 4.79 Å². The number of hydrogen-bond donors (Lipinski definition) is 2. The van der Waals surface area contributed by atoms with Gasteiger partial charge in [0.15, 0.2) is 0 Å². The molecule has 0 bridgehead atoms. The van der Waals surface area contributed by atoms with Gasteiger partial charge in [0.05, 0.1) is 13.5 Å². The maximum Gasteiger partial charge on any atom is 0.328 e. The number of urea groups is 1. The van der Waals surface area contributed by atoms with Crippen LogP contribution < -0.4 is 5.32 Å². The molecule has 0 aromatic rings. The fourth-order valence-electron chi connectivity index (χ4n) is 1.86. The molecule has 0 spiro atoms. The summed E-state index contributed by atoms with van der Waals surface area (Å²) in [6.45, 7) is 0.359. The van der Waals surface area contributed by atoms with Crippen molar-refractivity contribution in [2.24, 2.45) is 0 Å². The highest BCUT2D eigenvalue weighted by atomic mass is 16.5. The molecule has 0 aliphatic carbocycles. The third-order valence-corrected chi connectivity index (χ3v) is 2.80. The number of amides is 3. The van der Waals surface area contributed by atoms with Gasteiger partial charge in [0.2, 0.25) is 5.91 Å². The lowest BCUT2D eigenvalue weighted by atomic mass is 10.2. The van der Waals surface area contributed by atoms with Crippen molar-refractivity contribution in [2.75, 3.05) is 13.7 Å². The topological polar surface area (TPSA) is 113 Å². The molecule has 0 saturated carbocycles. The second-order valence-electron chi connectivity index (χ2n) is 4.12. The van der Waals surface area contributed by atoms with Crippen LogP contribution in [0.5, 0.6) is 0 Å². The second-order valence-corrected chi connectivity index (χ2v) is 4.12. The lowest BCUT2D eigenvalue weighted by Crippen LogP contribution is -2.48. The van der Waals surface area contributed by atoms with Crippen molar-refractivity contribution in [3.05, 3.63) is 0 Å². The van der Waals surface area contributed by atoms with Gasteiger partial charge in [-0.2, -0.15) is 0 Å². The number of methoxy groups -OCH3 is 1. The molecule has 8 nitrogen and oxygen atoms in total. The minimum absolute atomic E-state index is 0.280. The molecule has 2 N–H and O–H groups in total. The summed E-state index contributed by atoms with van der Waals surface area (Å²) in [4.78, 5) is 46.0. The number of nitrogens with one attached hydrogen (secondary N) is 1. The van der Waals surface area contributed by atoms with E-state index < -0.39 is 29.9 Å². The van der Waals surface area contributed by atoms with Gasteiger partial charge >= 0.3 is 18.0 Å². The van der Waals surface area contributed by atoms with Crippen molar-refractivity contribution in [3.8, 4) is 0 Å². The molecule has 1 atom stereocenters. The first-order valence-corrected chi connectivity index (χ1v) is 5.85. The van der Waals surface area contributed by atoms with E-state index in [2.05, 4.69) is 10.1 Å². The second kappa shape index (κ2) is 6.72. The largest absolute Gasteiger partial charge is 0.481 e. The fourth-order valence-corrected chi connectivity index (χ4v) is 1.86. The Hall–Kier alpha value is -2.12. The van der Waals surface area contributed by atoms with Crippen molar-refractivity contribution in [2.45, 2.75) is 31.7 Å². The molecule has 1 unspecified atom stereocenters. The van der Waals surface area contributed by atoms with Crippen LogP contribution in [0, 0.1) is 0 Å². The van der Waals surface area contributed by atoms with E-state index in [1.807, 2.05) is 0 Å². The molecule has 0 aromatic carbocycles. The van der Waals surface area contributed by atoms with E-state index in [1.54, 1.807) is 0 Å². The highest BCUT2D eigenvalue weighted by Gasteiger charge is 2.35. The molecule has 19 heavy (non-hydrogen) atoms. The summed E-state index contributed by atoms with van der Waals surface area (Å²) in [5, 5.41) is 10.5. The van der Waals surface area contributed by atoms with Crippen molar-refractivity contribution < 1.29 is 29.0 Å². The number of ether oxygens (including phenoxy) is 1. The summed E-state index contributed by atoms with van der Waals surface area (Å²) in [6.07, 6.45) is 0.511. The molecule has 8 heteroatoms. The Morgan fingerprint density at radius 1 is 1.32 bits per heavy atom. The summed E-state index contributed by atoms with van der Waals surface area (Å²) < 4.78 is 4.58. The highest BCUT2D eigenvalue weighted by Crippen LogP contribution is 2.18. The van der Waals surface area contributed by atoms with Gasteiger partial charge < -0.3 is 14.7 Å². The minimum Gasteiger partial charge on any atom is -0.481 e. The van der Waals surface area contributed by atoms with Crippen LogP contribution in [-0.4, -0.2) is 53.6 Å². The summed E-state index contributed by atoms with van der Waals surface area (Å²) >= 11 is 0. The van der Waals surface area contributed by atoms with Gasteiger partial charge in [0.1, 0.15) is 6.04 Å². The van der Waals surface area contributed by atoms with Crippen LogP contribution in [-0.2, 0) is 19.1 Å². The number of carboxylic acid groups (broad SMARTS) is 1. The maximum atomic E-state index is 11.8. The first-order chi connectivity index (χ1) is 8.95. The lowest BCUT2D eigenvalue weighted by Gasteiger charge is -2.22. The van der Waals surface area contributed by atoms with Gasteiger partial charge in [-0.25, -0.2) is 9.59 Å². The molecule has 1 rings (SSSR count). The van der Waals surface area contributed by atoms with E-state index in [-0.39, 0.29) is 12.8 Å². The molecular weight excluding hydrogens is 256 g/mol. The van der Waals surface area contributed by atoms with Gasteiger partial charge in [-0.15, -0.1) is 0 Å². The summed E-state index contributed by atoms with van der Waals surface area (Å²) in [7, 11) is 1.23. The summed E-state index contributed by atoms with van der Waals surface area (Å²) in [5.74, 6) is -2.32. The molecule has 1 heterocycles. The van der Waals surface area contributed by atoms with Crippen LogP contribution in [0.3, 0.4) is 0 Å². The Bertz CT molecular complexity index is 395. The van der Waals surface area contributed by atoms with Crippen molar-refractivity contribution in [1.82, 2.24) is 10.2 Å². The molecule has 1 saturated heterocycles. The number of rotatable bonds is 4. The zero-order chi connectivity index (χ0) is 14.4. The van der Waals surface area contributed by atoms with E-state index in [0.29, 0.717) is 19.4 Å². The number of likely N-dealkylation sites (tertiary alicyclic amines) is 1. The molecular formula is C11H16N2O6. The van der Waals surface area contributed by atoms with E-state index in [4.69, 9.17) is 5.11 Å². The number of esters is 1. The van der Waals surface area contributed by atoms with Crippen LogP contribution in [0.1, 0.15) is 25.7 Å². The Kier molecular flexibility index (Phi) is 5.28. The number of carbonyl (C=O) groups is 4. The molecule has 1 aliphatic rings. The van der Waals surface area contributed by atoms with Crippen molar-refractivity contribution >= 4 is 23.9 Å². The summed E-state index contributed by atoms with van der Waals surface area (Å²) in [6, 6.07) is -1.37. The third kappa shape index (κ3) is 4.23. The molecule has 1 fully saturated rings. The maximum absolute atomic E-state index is 11.8.